The second-order valence-corrected chi connectivity index (χ2v) is 5.26. The molecule has 1 aliphatic rings. The second-order valence-electron chi connectivity index (χ2n) is 5.26. The van der Waals surface area contributed by atoms with Crippen LogP contribution in [-0.2, 0) is 9.57 Å². The molecule has 1 fully saturated rings. The van der Waals surface area contributed by atoms with Crippen molar-refractivity contribution in [3.8, 4) is 12.0 Å². The van der Waals surface area contributed by atoms with Crippen LogP contribution in [0.2, 0.25) is 0 Å². The molecule has 7 nitrogen and oxygen atoms in total. The number of amides is 1. The molecule has 1 saturated heterocycles. The maximum atomic E-state index is 12.4. The van der Waals surface area contributed by atoms with E-state index in [9.17, 15) is 10.1 Å². The Hall–Kier alpha value is -2.56. The third-order valence-corrected chi connectivity index (χ3v) is 3.66. The van der Waals surface area contributed by atoms with Crippen molar-refractivity contribution >= 4 is 5.91 Å². The number of carbonyl (C=O) groups excluding carboxylic acids is 1. The van der Waals surface area contributed by atoms with Gasteiger partial charge in [-0.1, -0.05) is 0 Å². The molecule has 23 heavy (non-hydrogen) atoms. The van der Waals surface area contributed by atoms with Crippen LogP contribution in [0.1, 0.15) is 40.9 Å². The highest BCUT2D eigenvalue weighted by molar-refractivity contribution is 5.97. The van der Waals surface area contributed by atoms with Gasteiger partial charge in [0.2, 0.25) is 5.88 Å². The molecule has 1 amide bonds. The van der Waals surface area contributed by atoms with Crippen molar-refractivity contribution in [3.63, 3.8) is 0 Å². The first-order chi connectivity index (χ1) is 11.2. The molecule has 0 saturated carbocycles. The van der Waals surface area contributed by atoms with E-state index in [2.05, 4.69) is 5.48 Å². The van der Waals surface area contributed by atoms with Gasteiger partial charge in [-0.2, -0.15) is 5.26 Å². The molecule has 120 valence electrons. The standard InChI is InChI=1S/C16H17N3O4/c1-11-14(15(20)18-23-13-6-2-5-9-21-13)12(10-17)16(22-11)19-7-3-4-8-19/h3-4,7-8,13H,2,5-6,9H2,1H3,(H,18,20)/t13-/m0/s1. The Morgan fingerprint density at radius 3 is 2.87 bits per heavy atom. The normalized spacial score (nSPS) is 17.7. The van der Waals surface area contributed by atoms with Gasteiger partial charge in [0.1, 0.15) is 23.0 Å². The maximum absolute atomic E-state index is 12.4. The Balaban J connectivity index is 1.79. The largest absolute Gasteiger partial charge is 0.443 e. The van der Waals surface area contributed by atoms with E-state index in [1.165, 1.54) is 0 Å². The highest BCUT2D eigenvalue weighted by Crippen LogP contribution is 2.25. The molecule has 0 aliphatic carbocycles. The topological polar surface area (TPSA) is 89.4 Å². The summed E-state index contributed by atoms with van der Waals surface area (Å²) in [7, 11) is 0. The van der Waals surface area contributed by atoms with Crippen LogP contribution in [0.25, 0.3) is 5.88 Å². The van der Waals surface area contributed by atoms with E-state index >= 15 is 0 Å². The quantitative estimate of drug-likeness (QED) is 0.875. The van der Waals surface area contributed by atoms with Crippen LogP contribution in [0.4, 0.5) is 0 Å². The molecule has 3 heterocycles. The van der Waals surface area contributed by atoms with Crippen molar-refractivity contribution in [2.24, 2.45) is 0 Å². The monoisotopic (exact) mass is 315 g/mol. The Kier molecular flexibility index (Phi) is 4.46. The number of nitriles is 1. The Morgan fingerprint density at radius 2 is 2.22 bits per heavy atom. The fourth-order valence-electron chi connectivity index (χ4n) is 2.53. The highest BCUT2D eigenvalue weighted by Gasteiger charge is 2.25. The van der Waals surface area contributed by atoms with E-state index in [1.54, 1.807) is 23.9 Å². The molecule has 0 spiro atoms. The summed E-state index contributed by atoms with van der Waals surface area (Å²) >= 11 is 0. The van der Waals surface area contributed by atoms with Gasteiger partial charge in [0.15, 0.2) is 6.29 Å². The number of nitrogens with one attached hydrogen (secondary N) is 1. The second kappa shape index (κ2) is 6.69. The molecular formula is C16H17N3O4. The van der Waals surface area contributed by atoms with Gasteiger partial charge in [0.05, 0.1) is 0 Å². The number of aromatic nitrogens is 1. The lowest BCUT2D eigenvalue weighted by atomic mass is 10.1. The summed E-state index contributed by atoms with van der Waals surface area (Å²) in [6, 6.07) is 5.65. The SMILES string of the molecule is Cc1oc(-n2cccc2)c(C#N)c1C(=O)NO[C@H]1CCCCO1. The fraction of sp³-hybridized carbons (Fsp3) is 0.375. The van der Waals surface area contributed by atoms with E-state index in [0.717, 1.165) is 19.3 Å². The minimum Gasteiger partial charge on any atom is -0.443 e. The zero-order valence-corrected chi connectivity index (χ0v) is 12.7. The van der Waals surface area contributed by atoms with Gasteiger partial charge in [-0.05, 0) is 31.9 Å². The number of ether oxygens (including phenoxy) is 1. The first-order valence-electron chi connectivity index (χ1n) is 7.45. The molecule has 2 aromatic rings. The number of nitrogens with zero attached hydrogens (tertiary/aromatic N) is 2. The van der Waals surface area contributed by atoms with E-state index in [0.29, 0.717) is 18.3 Å². The van der Waals surface area contributed by atoms with Crippen molar-refractivity contribution in [2.45, 2.75) is 32.5 Å². The average molecular weight is 315 g/mol. The van der Waals surface area contributed by atoms with Crippen LogP contribution >= 0.6 is 0 Å². The molecule has 0 radical (unpaired) electrons. The van der Waals surface area contributed by atoms with Crippen molar-refractivity contribution in [2.75, 3.05) is 6.61 Å². The van der Waals surface area contributed by atoms with Crippen LogP contribution in [-0.4, -0.2) is 23.4 Å². The van der Waals surface area contributed by atoms with E-state index in [1.807, 2.05) is 18.2 Å². The zero-order chi connectivity index (χ0) is 16.2. The van der Waals surface area contributed by atoms with Crippen LogP contribution < -0.4 is 5.48 Å². The lowest BCUT2D eigenvalue weighted by Gasteiger charge is -2.22. The van der Waals surface area contributed by atoms with Gasteiger partial charge in [-0.3, -0.25) is 9.36 Å². The van der Waals surface area contributed by atoms with Crippen LogP contribution in [0.5, 0.6) is 0 Å². The van der Waals surface area contributed by atoms with Gasteiger partial charge in [0.25, 0.3) is 5.91 Å². The predicted octanol–water partition coefficient (Wildman–Crippen LogP) is 2.44. The summed E-state index contributed by atoms with van der Waals surface area (Å²) in [5.41, 5.74) is 2.70. The van der Waals surface area contributed by atoms with E-state index < -0.39 is 12.2 Å². The maximum Gasteiger partial charge on any atom is 0.279 e. The van der Waals surface area contributed by atoms with Crippen molar-refractivity contribution in [3.05, 3.63) is 41.4 Å². The molecule has 2 aromatic heterocycles. The lowest BCUT2D eigenvalue weighted by Crippen LogP contribution is -2.33. The van der Waals surface area contributed by atoms with Crippen molar-refractivity contribution < 1.29 is 18.8 Å². The summed E-state index contributed by atoms with van der Waals surface area (Å²) in [5.74, 6) is 0.153. The molecule has 3 rings (SSSR count). The van der Waals surface area contributed by atoms with E-state index in [-0.39, 0.29) is 11.1 Å². The first kappa shape index (κ1) is 15.3. The van der Waals surface area contributed by atoms with Crippen molar-refractivity contribution in [1.29, 1.82) is 5.26 Å². The predicted molar refractivity (Wildman–Crippen MR) is 79.6 cm³/mol. The summed E-state index contributed by atoms with van der Waals surface area (Å²) in [4.78, 5) is 17.6. The summed E-state index contributed by atoms with van der Waals surface area (Å²) in [6.07, 6.45) is 5.75. The molecule has 1 N–H and O–H groups in total. The number of carbonyl (C=O) groups is 1. The van der Waals surface area contributed by atoms with Gasteiger partial charge >= 0.3 is 0 Å². The third kappa shape index (κ3) is 3.13. The van der Waals surface area contributed by atoms with Gasteiger partial charge in [-0.15, -0.1) is 0 Å². The molecule has 0 aromatic carbocycles. The summed E-state index contributed by atoms with van der Waals surface area (Å²) < 4.78 is 12.6. The minimum atomic E-state index is -0.518. The number of rotatable bonds is 4. The summed E-state index contributed by atoms with van der Waals surface area (Å²) in [5, 5.41) is 9.41. The Morgan fingerprint density at radius 1 is 1.43 bits per heavy atom. The van der Waals surface area contributed by atoms with Gasteiger partial charge in [0, 0.05) is 25.4 Å². The molecule has 1 atom stereocenters. The molecule has 7 heteroatoms. The van der Waals surface area contributed by atoms with E-state index in [4.69, 9.17) is 14.0 Å². The smallest absolute Gasteiger partial charge is 0.279 e. The lowest BCUT2D eigenvalue weighted by molar-refractivity contribution is -0.186. The minimum absolute atomic E-state index is 0.171. The average Bonchev–Trinajstić information content (AvgIpc) is 3.20. The van der Waals surface area contributed by atoms with Crippen molar-refractivity contribution in [1.82, 2.24) is 10.0 Å². The molecule has 0 bridgehead atoms. The van der Waals surface area contributed by atoms with Crippen LogP contribution in [0, 0.1) is 18.3 Å². The Labute approximate surface area is 133 Å². The Bertz CT molecular complexity index is 721. The number of hydroxylamine groups is 1. The first-order valence-corrected chi connectivity index (χ1v) is 7.45. The number of hydrogen-bond donors (Lipinski definition) is 1. The highest BCUT2D eigenvalue weighted by atomic mass is 16.8. The van der Waals surface area contributed by atoms with Gasteiger partial charge < -0.3 is 9.15 Å². The summed E-state index contributed by atoms with van der Waals surface area (Å²) in [6.45, 7) is 2.26. The molecule has 0 unspecified atom stereocenters. The molecular weight excluding hydrogens is 298 g/mol. The fourth-order valence-corrected chi connectivity index (χ4v) is 2.53. The number of aryl methyl sites for hydroxylation is 1. The van der Waals surface area contributed by atoms with Gasteiger partial charge in [-0.25, -0.2) is 10.3 Å². The number of furan rings is 1. The zero-order valence-electron chi connectivity index (χ0n) is 12.7. The third-order valence-electron chi connectivity index (χ3n) is 3.66. The molecule has 1 aliphatic heterocycles. The van der Waals surface area contributed by atoms with Crippen LogP contribution in [0.15, 0.2) is 28.9 Å². The van der Waals surface area contributed by atoms with Crippen LogP contribution in [0.3, 0.4) is 0 Å². The number of hydrogen-bond acceptors (Lipinski definition) is 5.